The molecular weight excluding hydrogens is 295 g/mol. The highest BCUT2D eigenvalue weighted by Crippen LogP contribution is 3.02. The first-order valence-electron chi connectivity index (χ1n) is 5.62. The molecule has 0 fully saturated rings. The van der Waals surface area contributed by atoms with Crippen LogP contribution in [0, 0.1) is 0 Å². The van der Waals surface area contributed by atoms with E-state index < -0.39 is 15.1 Å². The maximum atomic E-state index is 12.5. The van der Waals surface area contributed by atoms with Crippen LogP contribution in [0.3, 0.4) is 0 Å². The van der Waals surface area contributed by atoms with Crippen LogP contribution >= 0.6 is 10.2 Å². The van der Waals surface area contributed by atoms with Gasteiger partial charge in [0, 0.05) is 0 Å². The van der Waals surface area contributed by atoms with Crippen LogP contribution in [0.1, 0.15) is 11.1 Å². The third-order valence-electron chi connectivity index (χ3n) is 2.59. The molecule has 0 heterocycles. The van der Waals surface area contributed by atoms with Crippen LogP contribution in [0.4, 0.5) is 19.4 Å². The van der Waals surface area contributed by atoms with E-state index in [1.807, 2.05) is 30.3 Å². The van der Waals surface area contributed by atoms with Crippen molar-refractivity contribution >= 4 is 22.4 Å². The molecule has 0 nitrogen and oxygen atoms in total. The Hall–Kier alpha value is -1.82. The predicted molar refractivity (Wildman–Crippen MR) is 73.2 cm³/mol. The van der Waals surface area contributed by atoms with Gasteiger partial charge >= 0.3 is 10.2 Å². The Morgan fingerprint density at radius 3 is 1.50 bits per heavy atom. The summed E-state index contributed by atoms with van der Waals surface area (Å²) in [6, 6.07) is 12.0. The van der Waals surface area contributed by atoms with Gasteiger partial charge in [-0.3, -0.25) is 0 Å². The molecular formula is C14H11F5S. The van der Waals surface area contributed by atoms with Crippen LogP contribution in [0.2, 0.25) is 0 Å². The molecule has 0 unspecified atom stereocenters. The second-order valence-corrected chi connectivity index (χ2v) is 6.69. The molecule has 0 bridgehead atoms. The monoisotopic (exact) mass is 306 g/mol. The van der Waals surface area contributed by atoms with Gasteiger partial charge in [-0.05, 0) is 23.3 Å². The van der Waals surface area contributed by atoms with Gasteiger partial charge in [0.1, 0.15) is 4.90 Å². The lowest BCUT2D eigenvalue weighted by molar-refractivity contribution is 0.364. The number of halogens is 5. The van der Waals surface area contributed by atoms with Gasteiger partial charge in [0.2, 0.25) is 0 Å². The van der Waals surface area contributed by atoms with E-state index in [-0.39, 0.29) is 0 Å². The number of hydrogen-bond acceptors (Lipinski definition) is 0. The minimum absolute atomic E-state index is 0.409. The summed E-state index contributed by atoms with van der Waals surface area (Å²) in [6.45, 7) is 0. The summed E-state index contributed by atoms with van der Waals surface area (Å²) in [5, 5.41) is 0. The van der Waals surface area contributed by atoms with Crippen molar-refractivity contribution in [2.75, 3.05) is 0 Å². The maximum absolute atomic E-state index is 12.5. The second-order valence-electron chi connectivity index (χ2n) is 4.28. The van der Waals surface area contributed by atoms with Crippen LogP contribution in [0.5, 0.6) is 0 Å². The topological polar surface area (TPSA) is 0 Å². The van der Waals surface area contributed by atoms with Crippen molar-refractivity contribution in [3.8, 4) is 0 Å². The Labute approximate surface area is 113 Å². The quantitative estimate of drug-likeness (QED) is 0.447. The highest BCUT2D eigenvalue weighted by molar-refractivity contribution is 8.45. The van der Waals surface area contributed by atoms with Crippen molar-refractivity contribution in [1.29, 1.82) is 0 Å². The smallest absolute Gasteiger partial charge is 0.0936 e. The predicted octanol–water partition coefficient (Wildman–Crippen LogP) is 6.51. The molecule has 2 rings (SSSR count). The van der Waals surface area contributed by atoms with E-state index in [1.54, 1.807) is 12.2 Å². The van der Waals surface area contributed by atoms with Crippen molar-refractivity contribution in [3.63, 3.8) is 0 Å². The molecule has 20 heavy (non-hydrogen) atoms. The van der Waals surface area contributed by atoms with Crippen molar-refractivity contribution in [2.24, 2.45) is 0 Å². The van der Waals surface area contributed by atoms with Gasteiger partial charge in [-0.25, -0.2) is 0 Å². The van der Waals surface area contributed by atoms with Crippen molar-refractivity contribution < 1.29 is 19.4 Å². The summed E-state index contributed by atoms with van der Waals surface area (Å²) in [5.74, 6) is 0. The van der Waals surface area contributed by atoms with Crippen LogP contribution < -0.4 is 0 Å². The molecule has 0 aliphatic rings. The van der Waals surface area contributed by atoms with Gasteiger partial charge in [-0.2, -0.15) is 0 Å². The van der Waals surface area contributed by atoms with Crippen molar-refractivity contribution in [3.05, 3.63) is 65.7 Å². The summed E-state index contributed by atoms with van der Waals surface area (Å²) in [5.41, 5.74) is 1.28. The van der Waals surface area contributed by atoms with E-state index in [0.717, 1.165) is 17.7 Å². The summed E-state index contributed by atoms with van der Waals surface area (Å²) in [7, 11) is -9.57. The Balaban J connectivity index is 2.25. The number of rotatable bonds is 3. The van der Waals surface area contributed by atoms with Gasteiger partial charge < -0.3 is 0 Å². The third-order valence-corrected chi connectivity index (χ3v) is 3.76. The zero-order valence-corrected chi connectivity index (χ0v) is 11.0. The Bertz CT molecular complexity index is 627. The fourth-order valence-electron chi connectivity index (χ4n) is 1.59. The lowest BCUT2D eigenvalue weighted by atomic mass is 10.1. The average Bonchev–Trinajstić information content (AvgIpc) is 2.35. The molecule has 0 saturated heterocycles. The molecule has 108 valence electrons. The van der Waals surface area contributed by atoms with Crippen molar-refractivity contribution in [2.45, 2.75) is 4.90 Å². The molecule has 0 saturated carbocycles. The summed E-state index contributed by atoms with van der Waals surface area (Å²) >= 11 is 0. The molecule has 0 N–H and O–H groups in total. The van der Waals surface area contributed by atoms with Crippen LogP contribution in [0.15, 0.2) is 59.5 Å². The minimum Gasteiger partial charge on any atom is -0.0936 e. The van der Waals surface area contributed by atoms with Crippen LogP contribution in [-0.4, -0.2) is 0 Å². The first-order valence-corrected chi connectivity index (χ1v) is 7.57. The largest absolute Gasteiger partial charge is 0.310 e. The molecule has 6 heteroatoms. The van der Waals surface area contributed by atoms with Gasteiger partial charge in [0.15, 0.2) is 0 Å². The normalized spacial score (nSPS) is 15.8. The molecule has 0 aliphatic heterocycles. The summed E-state index contributed by atoms with van der Waals surface area (Å²) in [6.07, 6.45) is 3.25. The number of hydrogen-bond donors (Lipinski definition) is 0. The zero-order chi connectivity index (χ0) is 14.9. The zero-order valence-electron chi connectivity index (χ0n) is 10.1. The molecule has 0 atom stereocenters. The van der Waals surface area contributed by atoms with Gasteiger partial charge in [0.05, 0.1) is 0 Å². The molecule has 0 aromatic heterocycles. The highest BCUT2D eigenvalue weighted by atomic mass is 32.5. The molecule has 2 aromatic rings. The van der Waals surface area contributed by atoms with E-state index in [4.69, 9.17) is 0 Å². The fourth-order valence-corrected chi connectivity index (χ4v) is 2.24. The first kappa shape index (κ1) is 14.6. The standard InChI is InChI=1S/C14H11F5S/c15-20(16,17,18,19)14-10-8-13(9-11-14)7-6-12-4-2-1-3-5-12/h1-11H/b7-6+. The fraction of sp³-hybridized carbons (Fsp3) is 0. The molecule has 0 spiro atoms. The minimum atomic E-state index is -9.57. The Kier molecular flexibility index (Phi) is 2.98. The van der Waals surface area contributed by atoms with E-state index in [0.29, 0.717) is 17.7 Å². The van der Waals surface area contributed by atoms with Gasteiger partial charge in [-0.15, -0.1) is 0 Å². The summed E-state index contributed by atoms with van der Waals surface area (Å²) < 4.78 is 62.6. The van der Waals surface area contributed by atoms with E-state index in [1.165, 1.54) is 0 Å². The lowest BCUT2D eigenvalue weighted by Crippen LogP contribution is -2.05. The molecule has 0 aliphatic carbocycles. The van der Waals surface area contributed by atoms with Crippen molar-refractivity contribution in [1.82, 2.24) is 0 Å². The van der Waals surface area contributed by atoms with Crippen LogP contribution in [-0.2, 0) is 0 Å². The Morgan fingerprint density at radius 1 is 0.600 bits per heavy atom. The Morgan fingerprint density at radius 2 is 1.05 bits per heavy atom. The molecule has 0 amide bonds. The summed E-state index contributed by atoms with van der Waals surface area (Å²) in [4.78, 5) is -1.87. The first-order chi connectivity index (χ1) is 9.04. The van der Waals surface area contributed by atoms with E-state index in [2.05, 4.69) is 0 Å². The lowest BCUT2D eigenvalue weighted by Gasteiger charge is -2.40. The second kappa shape index (κ2) is 4.09. The van der Waals surface area contributed by atoms with Crippen LogP contribution in [0.25, 0.3) is 12.2 Å². The molecule has 2 aromatic carbocycles. The average molecular weight is 306 g/mol. The van der Waals surface area contributed by atoms with Gasteiger partial charge in [0.25, 0.3) is 0 Å². The third kappa shape index (κ3) is 3.84. The maximum Gasteiger partial charge on any atom is 0.310 e. The molecule has 0 radical (unpaired) electrons. The SMILES string of the molecule is FS(F)(F)(F)(F)c1ccc(/C=C/c2ccccc2)cc1. The van der Waals surface area contributed by atoms with Gasteiger partial charge in [-0.1, -0.05) is 74.0 Å². The number of benzene rings is 2. The van der Waals surface area contributed by atoms with E-state index >= 15 is 0 Å². The van der Waals surface area contributed by atoms with E-state index in [9.17, 15) is 19.4 Å². The highest BCUT2D eigenvalue weighted by Gasteiger charge is 2.65.